The number of nitrogens with one attached hydrogen (secondary N) is 1. The number of benzene rings is 1. The van der Waals surface area contributed by atoms with E-state index in [2.05, 4.69) is 19.2 Å². The Bertz CT molecular complexity index is 909. The van der Waals surface area contributed by atoms with Crippen molar-refractivity contribution in [2.24, 2.45) is 34.5 Å². The summed E-state index contributed by atoms with van der Waals surface area (Å²) in [6, 6.07) is 8.54. The van der Waals surface area contributed by atoms with Gasteiger partial charge in [0.1, 0.15) is 0 Å². The number of carbonyl (C=O) groups excluding carboxylic acids is 1. The molecular formula is C27H34F3NO. The van der Waals surface area contributed by atoms with Crippen LogP contribution in [0.2, 0.25) is 0 Å². The van der Waals surface area contributed by atoms with Crippen LogP contribution in [0.5, 0.6) is 0 Å². The average Bonchev–Trinajstić information content (AvgIpc) is 3.08. The van der Waals surface area contributed by atoms with Crippen LogP contribution in [0.15, 0.2) is 36.4 Å². The maximum atomic E-state index is 14.0. The summed E-state index contributed by atoms with van der Waals surface area (Å²) in [7, 11) is 0. The monoisotopic (exact) mass is 445 g/mol. The number of allylic oxidation sites excluding steroid dienone is 2. The number of alkyl halides is 3. The maximum absolute atomic E-state index is 14.0. The zero-order valence-corrected chi connectivity index (χ0v) is 19.0. The fraction of sp³-hybridized carbons (Fsp3) is 0.667. The molecular weight excluding hydrogens is 411 g/mol. The lowest BCUT2D eigenvalue weighted by atomic mass is 9.47. The van der Waals surface area contributed by atoms with Crippen LogP contribution in [0, 0.1) is 34.5 Å². The van der Waals surface area contributed by atoms with Crippen molar-refractivity contribution < 1.29 is 18.0 Å². The minimum absolute atomic E-state index is 0.0399. The molecule has 1 N–H and O–H groups in total. The zero-order valence-electron chi connectivity index (χ0n) is 19.0. The SMILES string of the molecule is C[C@]12CCC(=O)N[C@@H]1CC[C@@H]1[C@@H]2CC[C@]2(C)[C@@H](C=C(c3ccccc3)C(F)(F)F)CC[C@@H]12. The second-order valence-electron chi connectivity index (χ2n) is 11.3. The van der Waals surface area contributed by atoms with Gasteiger partial charge >= 0.3 is 6.18 Å². The van der Waals surface area contributed by atoms with Crippen LogP contribution in [0.4, 0.5) is 13.2 Å². The van der Waals surface area contributed by atoms with Crippen LogP contribution >= 0.6 is 0 Å². The quantitative estimate of drug-likeness (QED) is 0.535. The molecule has 1 aromatic rings. The molecule has 32 heavy (non-hydrogen) atoms. The first-order chi connectivity index (χ1) is 15.1. The summed E-state index contributed by atoms with van der Waals surface area (Å²) in [6.45, 7) is 4.62. The predicted octanol–water partition coefficient (Wildman–Crippen LogP) is 6.77. The van der Waals surface area contributed by atoms with Gasteiger partial charge in [0.05, 0.1) is 5.57 Å². The molecule has 1 heterocycles. The summed E-state index contributed by atoms with van der Waals surface area (Å²) in [5, 5.41) is 3.26. The molecule has 1 amide bonds. The van der Waals surface area contributed by atoms with Gasteiger partial charge < -0.3 is 5.32 Å². The zero-order chi connectivity index (χ0) is 22.7. The van der Waals surface area contributed by atoms with Gasteiger partial charge in [-0.15, -0.1) is 0 Å². The molecule has 4 aliphatic rings. The first-order valence-electron chi connectivity index (χ1n) is 12.3. The third-order valence-electron chi connectivity index (χ3n) is 9.93. The third-order valence-corrected chi connectivity index (χ3v) is 9.93. The van der Waals surface area contributed by atoms with Gasteiger partial charge in [0.2, 0.25) is 5.91 Å². The molecule has 1 aliphatic heterocycles. The van der Waals surface area contributed by atoms with E-state index in [1.54, 1.807) is 36.4 Å². The number of halogens is 3. The highest BCUT2D eigenvalue weighted by molar-refractivity contribution is 5.77. The number of carbonyl (C=O) groups is 1. The van der Waals surface area contributed by atoms with Crippen LogP contribution in [0.1, 0.15) is 70.8 Å². The summed E-state index contributed by atoms with van der Waals surface area (Å²) >= 11 is 0. The van der Waals surface area contributed by atoms with Crippen molar-refractivity contribution in [2.75, 3.05) is 0 Å². The van der Waals surface area contributed by atoms with Gasteiger partial charge in [-0.25, -0.2) is 0 Å². The lowest BCUT2D eigenvalue weighted by Crippen LogP contribution is -2.61. The number of rotatable bonds is 2. The van der Waals surface area contributed by atoms with E-state index in [4.69, 9.17) is 0 Å². The van der Waals surface area contributed by atoms with E-state index in [0.29, 0.717) is 24.2 Å². The number of amides is 1. The van der Waals surface area contributed by atoms with E-state index in [1.807, 2.05) is 0 Å². The van der Waals surface area contributed by atoms with Crippen LogP contribution < -0.4 is 5.32 Å². The molecule has 0 radical (unpaired) electrons. The summed E-state index contributed by atoms with van der Waals surface area (Å²) in [6.07, 6.45) is 4.79. The van der Waals surface area contributed by atoms with E-state index >= 15 is 0 Å². The molecule has 4 fully saturated rings. The molecule has 0 bridgehead atoms. The van der Waals surface area contributed by atoms with Gasteiger partial charge in [0.15, 0.2) is 0 Å². The second-order valence-corrected chi connectivity index (χ2v) is 11.3. The van der Waals surface area contributed by atoms with Crippen molar-refractivity contribution in [3.8, 4) is 0 Å². The van der Waals surface area contributed by atoms with Gasteiger partial charge in [0.25, 0.3) is 0 Å². The highest BCUT2D eigenvalue weighted by atomic mass is 19.4. The highest BCUT2D eigenvalue weighted by Crippen LogP contribution is 2.66. The van der Waals surface area contributed by atoms with Gasteiger partial charge in [-0.3, -0.25) is 4.79 Å². The van der Waals surface area contributed by atoms with Crippen molar-refractivity contribution in [3.63, 3.8) is 0 Å². The summed E-state index contributed by atoms with van der Waals surface area (Å²) in [5.41, 5.74) is -0.148. The minimum atomic E-state index is -4.35. The van der Waals surface area contributed by atoms with Crippen molar-refractivity contribution in [2.45, 2.75) is 77.4 Å². The second kappa shape index (κ2) is 7.63. The van der Waals surface area contributed by atoms with Crippen LogP contribution in [-0.2, 0) is 4.79 Å². The van der Waals surface area contributed by atoms with E-state index in [0.717, 1.165) is 44.9 Å². The number of piperidine rings is 1. The molecule has 2 nitrogen and oxygen atoms in total. The molecule has 3 saturated carbocycles. The third kappa shape index (κ3) is 3.42. The Labute approximate surface area is 189 Å². The number of hydrogen-bond acceptors (Lipinski definition) is 1. The largest absolute Gasteiger partial charge is 0.416 e. The first kappa shape index (κ1) is 22.0. The molecule has 5 rings (SSSR count). The maximum Gasteiger partial charge on any atom is 0.416 e. The number of fused-ring (bicyclic) bond motifs is 5. The molecule has 0 unspecified atom stereocenters. The Morgan fingerprint density at radius 3 is 2.41 bits per heavy atom. The minimum Gasteiger partial charge on any atom is -0.353 e. The molecule has 0 aromatic heterocycles. The van der Waals surface area contributed by atoms with Crippen LogP contribution in [0.25, 0.3) is 5.57 Å². The van der Waals surface area contributed by atoms with Gasteiger partial charge in [-0.1, -0.05) is 50.3 Å². The highest BCUT2D eigenvalue weighted by Gasteiger charge is 2.60. The summed E-state index contributed by atoms with van der Waals surface area (Å²) in [5.74, 6) is 1.75. The van der Waals surface area contributed by atoms with Crippen molar-refractivity contribution >= 4 is 11.5 Å². The topological polar surface area (TPSA) is 29.1 Å². The molecule has 1 saturated heterocycles. The fourth-order valence-corrected chi connectivity index (χ4v) is 8.19. The smallest absolute Gasteiger partial charge is 0.353 e. The molecule has 174 valence electrons. The lowest BCUT2D eigenvalue weighted by molar-refractivity contribution is -0.136. The Morgan fingerprint density at radius 2 is 1.69 bits per heavy atom. The first-order valence-corrected chi connectivity index (χ1v) is 12.3. The Balaban J connectivity index is 1.44. The Kier molecular flexibility index (Phi) is 5.25. The van der Waals surface area contributed by atoms with Gasteiger partial charge in [-0.2, -0.15) is 13.2 Å². The molecule has 7 atom stereocenters. The average molecular weight is 446 g/mol. The Hall–Kier alpha value is -1.78. The predicted molar refractivity (Wildman–Crippen MR) is 120 cm³/mol. The summed E-state index contributed by atoms with van der Waals surface area (Å²) in [4.78, 5) is 12.0. The van der Waals surface area contributed by atoms with E-state index in [9.17, 15) is 18.0 Å². The Morgan fingerprint density at radius 1 is 0.969 bits per heavy atom. The summed E-state index contributed by atoms with van der Waals surface area (Å²) < 4.78 is 42.1. The van der Waals surface area contributed by atoms with Gasteiger partial charge in [0, 0.05) is 12.5 Å². The lowest BCUT2D eigenvalue weighted by Gasteiger charge is -2.60. The molecule has 3 aliphatic carbocycles. The van der Waals surface area contributed by atoms with Crippen molar-refractivity contribution in [3.05, 3.63) is 42.0 Å². The normalized spacial score (nSPS) is 42.0. The molecule has 1 aromatic carbocycles. The van der Waals surface area contributed by atoms with Crippen molar-refractivity contribution in [1.82, 2.24) is 5.32 Å². The molecule has 5 heteroatoms. The number of hydrogen-bond donors (Lipinski definition) is 1. The van der Waals surface area contributed by atoms with Crippen LogP contribution in [-0.4, -0.2) is 18.1 Å². The van der Waals surface area contributed by atoms with Crippen LogP contribution in [0.3, 0.4) is 0 Å². The standard InChI is InChI=1S/C27H34F3NO/c1-25-14-12-21-19(9-11-23-26(21,2)15-13-24(32)31-23)20(25)10-8-18(25)16-22(27(28,29)30)17-6-4-3-5-7-17/h3-7,16,18-21,23H,8-15H2,1-2H3,(H,31,32)/t18-,19+,20+,21+,23-,25-,26-/m1/s1. The molecule has 0 spiro atoms. The van der Waals surface area contributed by atoms with E-state index in [-0.39, 0.29) is 34.3 Å². The fourth-order valence-electron chi connectivity index (χ4n) is 8.19. The van der Waals surface area contributed by atoms with Crippen molar-refractivity contribution in [1.29, 1.82) is 0 Å². The van der Waals surface area contributed by atoms with E-state index < -0.39 is 11.7 Å². The van der Waals surface area contributed by atoms with Gasteiger partial charge in [-0.05, 0) is 85.0 Å². The van der Waals surface area contributed by atoms with E-state index in [1.165, 1.54) is 0 Å².